The van der Waals surface area contributed by atoms with Crippen LogP contribution in [0.4, 0.5) is 5.69 Å². The number of rotatable bonds is 8. The normalized spacial score (nSPS) is 10.8. The third kappa shape index (κ3) is 4.20. The summed E-state index contributed by atoms with van der Waals surface area (Å²) < 4.78 is 9.08. The van der Waals surface area contributed by atoms with E-state index >= 15 is 0 Å². The predicted octanol–water partition coefficient (Wildman–Crippen LogP) is 2.81. The molecule has 0 saturated carbocycles. The van der Waals surface area contributed by atoms with E-state index in [1.165, 1.54) is 34.4 Å². The van der Waals surface area contributed by atoms with Crippen LogP contribution < -0.4 is 4.74 Å². The number of nitrogens with zero attached hydrogens (tertiary/aromatic N) is 6. The van der Waals surface area contributed by atoms with E-state index in [1.54, 1.807) is 0 Å². The monoisotopic (exact) mass is 374 g/mol. The van der Waals surface area contributed by atoms with Crippen molar-refractivity contribution in [1.29, 1.82) is 0 Å². The van der Waals surface area contributed by atoms with Crippen molar-refractivity contribution in [2.75, 3.05) is 0 Å². The molecule has 0 aliphatic heterocycles. The molecule has 0 bridgehead atoms. The van der Waals surface area contributed by atoms with Crippen LogP contribution in [0.3, 0.4) is 0 Å². The summed E-state index contributed by atoms with van der Waals surface area (Å²) in [5.74, 6) is 1.88. The number of aromatic nitrogens is 5. The van der Waals surface area contributed by atoms with Gasteiger partial charge in [-0.2, -0.15) is 5.10 Å². The summed E-state index contributed by atoms with van der Waals surface area (Å²) in [6, 6.07) is 7.96. The van der Waals surface area contributed by atoms with Crippen molar-refractivity contribution in [1.82, 2.24) is 24.5 Å². The molecule has 0 fully saturated rings. The largest absolute Gasteiger partial charge is 0.486 e. The summed E-state index contributed by atoms with van der Waals surface area (Å²) in [6.45, 7) is 2.42. The zero-order chi connectivity index (χ0) is 18.5. The topological polar surface area (TPSA) is 101 Å². The van der Waals surface area contributed by atoms with E-state index < -0.39 is 4.92 Å². The Morgan fingerprint density at radius 1 is 1.27 bits per heavy atom. The average Bonchev–Trinajstić information content (AvgIpc) is 3.26. The second-order valence-corrected chi connectivity index (χ2v) is 6.42. The van der Waals surface area contributed by atoms with Crippen molar-refractivity contribution in [3.05, 3.63) is 58.2 Å². The molecule has 0 aliphatic carbocycles. The Morgan fingerprint density at radius 2 is 2.04 bits per heavy atom. The molecule has 0 aliphatic rings. The third-order valence-electron chi connectivity index (χ3n) is 3.78. The summed E-state index contributed by atoms with van der Waals surface area (Å²) >= 11 is 1.38. The fourth-order valence-electron chi connectivity index (χ4n) is 2.21. The lowest BCUT2D eigenvalue weighted by molar-refractivity contribution is -0.385. The Balaban J connectivity index is 1.57. The van der Waals surface area contributed by atoms with Crippen molar-refractivity contribution in [3.63, 3.8) is 0 Å². The molecular weight excluding hydrogens is 356 g/mol. The Bertz CT molecular complexity index is 890. The lowest BCUT2D eigenvalue weighted by Gasteiger charge is -2.07. The number of ether oxygens (including phenoxy) is 1. The first kappa shape index (κ1) is 17.9. The molecule has 10 heteroatoms. The molecule has 9 nitrogen and oxygen atoms in total. The van der Waals surface area contributed by atoms with Gasteiger partial charge in [0.2, 0.25) is 0 Å². The number of thioether (sulfide) groups is 1. The molecule has 0 unspecified atom stereocenters. The lowest BCUT2D eigenvalue weighted by atomic mass is 10.2. The van der Waals surface area contributed by atoms with Crippen molar-refractivity contribution in [2.24, 2.45) is 7.05 Å². The highest BCUT2D eigenvalue weighted by Crippen LogP contribution is 2.20. The van der Waals surface area contributed by atoms with Crippen molar-refractivity contribution < 1.29 is 9.66 Å². The van der Waals surface area contributed by atoms with Crippen LogP contribution in [-0.4, -0.2) is 29.5 Å². The maximum Gasteiger partial charge on any atom is 0.307 e. The molecule has 1 aromatic carbocycles. The van der Waals surface area contributed by atoms with Gasteiger partial charge in [-0.15, -0.1) is 10.2 Å². The summed E-state index contributed by atoms with van der Waals surface area (Å²) in [5.41, 5.74) is 1.22. The fraction of sp³-hybridized carbons (Fsp3) is 0.312. The molecule has 26 heavy (non-hydrogen) atoms. The predicted molar refractivity (Wildman–Crippen MR) is 95.9 cm³/mol. The molecular formula is C16H18N6O3S. The van der Waals surface area contributed by atoms with Gasteiger partial charge in [-0.1, -0.05) is 30.8 Å². The highest BCUT2D eigenvalue weighted by Gasteiger charge is 2.12. The Hall–Kier alpha value is -2.88. The van der Waals surface area contributed by atoms with Gasteiger partial charge in [-0.3, -0.25) is 14.8 Å². The first-order valence-corrected chi connectivity index (χ1v) is 8.95. The number of hydrogen-bond acceptors (Lipinski definition) is 7. The first-order valence-electron chi connectivity index (χ1n) is 7.96. The second kappa shape index (κ2) is 8.00. The number of hydrogen-bond donors (Lipinski definition) is 0. The maximum atomic E-state index is 10.7. The third-order valence-corrected chi connectivity index (χ3v) is 4.79. The average molecular weight is 374 g/mol. The first-order chi connectivity index (χ1) is 12.6. The maximum absolute atomic E-state index is 10.7. The van der Waals surface area contributed by atoms with Crippen molar-refractivity contribution >= 4 is 17.4 Å². The zero-order valence-corrected chi connectivity index (χ0v) is 15.2. The highest BCUT2D eigenvalue weighted by atomic mass is 32.2. The van der Waals surface area contributed by atoms with E-state index in [-0.39, 0.29) is 5.69 Å². The summed E-state index contributed by atoms with van der Waals surface area (Å²) in [6.07, 6.45) is 3.59. The second-order valence-electron chi connectivity index (χ2n) is 5.51. The molecule has 3 aromatic rings. The molecule has 0 N–H and O–H groups in total. The van der Waals surface area contributed by atoms with E-state index in [2.05, 4.69) is 22.2 Å². The standard InChI is InChI=1S/C16H18N6O3S/c1-3-12-4-6-14(7-5-12)25-10-15-18-19-16(20(15)2)26-11-21-9-13(8-17-21)22(23)24/h4-9H,3,10-11H2,1-2H3. The minimum Gasteiger partial charge on any atom is -0.486 e. The van der Waals surface area contributed by atoms with Crippen LogP contribution in [-0.2, 0) is 26.0 Å². The van der Waals surface area contributed by atoms with Gasteiger partial charge >= 0.3 is 5.69 Å². The van der Waals surface area contributed by atoms with E-state index in [1.807, 2.05) is 35.9 Å². The van der Waals surface area contributed by atoms with Crippen LogP contribution in [0.15, 0.2) is 41.8 Å². The van der Waals surface area contributed by atoms with Gasteiger partial charge in [0.15, 0.2) is 11.0 Å². The zero-order valence-electron chi connectivity index (χ0n) is 14.4. The van der Waals surface area contributed by atoms with E-state index in [4.69, 9.17) is 4.74 Å². The summed E-state index contributed by atoms with van der Waals surface area (Å²) in [4.78, 5) is 10.2. The van der Waals surface area contributed by atoms with Gasteiger partial charge < -0.3 is 9.30 Å². The summed E-state index contributed by atoms with van der Waals surface area (Å²) in [5, 5.41) is 23.6. The minimum absolute atomic E-state index is 0.0354. The molecule has 2 aromatic heterocycles. The number of nitro groups is 1. The number of benzene rings is 1. The minimum atomic E-state index is -0.473. The van der Waals surface area contributed by atoms with E-state index in [0.29, 0.717) is 23.5 Å². The van der Waals surface area contributed by atoms with E-state index in [0.717, 1.165) is 12.2 Å². The molecule has 2 heterocycles. The van der Waals surface area contributed by atoms with Crippen LogP contribution >= 0.6 is 11.8 Å². The molecule has 0 amide bonds. The molecule has 3 rings (SSSR count). The van der Waals surface area contributed by atoms with Crippen LogP contribution in [0.5, 0.6) is 5.75 Å². The molecule has 0 radical (unpaired) electrons. The van der Waals surface area contributed by atoms with Gasteiger partial charge in [0.1, 0.15) is 24.8 Å². The SMILES string of the molecule is CCc1ccc(OCc2nnc(SCn3cc([N+](=O)[O-])cn3)n2C)cc1. The molecule has 0 spiro atoms. The Labute approximate surface area is 154 Å². The van der Waals surface area contributed by atoms with Gasteiger partial charge in [-0.05, 0) is 24.1 Å². The van der Waals surface area contributed by atoms with Gasteiger partial charge in [0, 0.05) is 7.05 Å². The van der Waals surface area contributed by atoms with Gasteiger partial charge in [-0.25, -0.2) is 0 Å². The van der Waals surface area contributed by atoms with Crippen molar-refractivity contribution in [3.8, 4) is 5.75 Å². The Morgan fingerprint density at radius 3 is 2.69 bits per heavy atom. The van der Waals surface area contributed by atoms with Crippen LogP contribution in [0, 0.1) is 10.1 Å². The van der Waals surface area contributed by atoms with Gasteiger partial charge in [0.05, 0.1) is 10.8 Å². The van der Waals surface area contributed by atoms with Gasteiger partial charge in [0.25, 0.3) is 0 Å². The fourth-order valence-corrected chi connectivity index (χ4v) is 2.99. The Kier molecular flexibility index (Phi) is 5.52. The number of aryl methyl sites for hydroxylation is 1. The van der Waals surface area contributed by atoms with Crippen LogP contribution in [0.1, 0.15) is 18.3 Å². The highest BCUT2D eigenvalue weighted by molar-refractivity contribution is 7.98. The molecule has 136 valence electrons. The smallest absolute Gasteiger partial charge is 0.307 e. The van der Waals surface area contributed by atoms with E-state index in [9.17, 15) is 10.1 Å². The quantitative estimate of drug-likeness (QED) is 0.339. The van der Waals surface area contributed by atoms with Crippen LogP contribution in [0.2, 0.25) is 0 Å². The van der Waals surface area contributed by atoms with Crippen molar-refractivity contribution in [2.45, 2.75) is 31.0 Å². The molecule has 0 saturated heterocycles. The molecule has 0 atom stereocenters. The summed E-state index contributed by atoms with van der Waals surface area (Å²) in [7, 11) is 1.85. The van der Waals surface area contributed by atoms with Crippen LogP contribution in [0.25, 0.3) is 0 Å². The lowest BCUT2D eigenvalue weighted by Crippen LogP contribution is -2.04.